The third-order valence-corrected chi connectivity index (χ3v) is 5.79. The molecule has 1 atom stereocenters. The Morgan fingerprint density at radius 2 is 1.38 bits per heavy atom. The highest BCUT2D eigenvalue weighted by Gasteiger charge is 2.17. The Bertz CT molecular complexity index is 814. The van der Waals surface area contributed by atoms with Crippen molar-refractivity contribution < 1.29 is 0 Å². The van der Waals surface area contributed by atoms with Crippen molar-refractivity contribution in [2.75, 3.05) is 0 Å². The monoisotopic (exact) mass is 486 g/mol. The first-order valence-corrected chi connectivity index (χ1v) is 9.15. The summed E-state index contributed by atoms with van der Waals surface area (Å²) in [5, 5.41) is 2.13. The van der Waals surface area contributed by atoms with E-state index < -0.39 is 0 Å². The normalized spacial score (nSPS) is 12.6. The van der Waals surface area contributed by atoms with Crippen LogP contribution in [-0.4, -0.2) is 0 Å². The van der Waals surface area contributed by atoms with Gasteiger partial charge in [0, 0.05) is 13.4 Å². The Balaban J connectivity index is 2.20. The van der Waals surface area contributed by atoms with Gasteiger partial charge in [-0.05, 0) is 46.2 Å². The van der Waals surface area contributed by atoms with Crippen LogP contribution in [-0.2, 0) is 0 Å². The second-order valence-electron chi connectivity index (χ2n) is 4.71. The summed E-state index contributed by atoms with van der Waals surface area (Å²) in [6.07, 6.45) is 0. The van der Waals surface area contributed by atoms with E-state index in [1.54, 1.807) is 0 Å². The fourth-order valence-corrected chi connectivity index (χ4v) is 4.22. The summed E-state index contributed by atoms with van der Waals surface area (Å²) in [5.74, 6) is 0. The van der Waals surface area contributed by atoms with E-state index >= 15 is 0 Å². The van der Waals surface area contributed by atoms with Crippen LogP contribution >= 0.6 is 59.4 Å². The van der Waals surface area contributed by atoms with E-state index in [2.05, 4.69) is 78.1 Å². The minimum absolute atomic E-state index is 0.213. The maximum absolute atomic E-state index is 6.77. The van der Waals surface area contributed by atoms with Gasteiger partial charge in [-0.3, -0.25) is 0 Å². The molecule has 106 valence electrons. The molecule has 0 radical (unpaired) electrons. The van der Waals surface area contributed by atoms with Gasteiger partial charge in [-0.25, -0.2) is 0 Å². The van der Waals surface area contributed by atoms with Crippen LogP contribution in [0.5, 0.6) is 0 Å². The summed E-state index contributed by atoms with van der Waals surface area (Å²) in [6, 6.07) is 18.5. The Kier molecular flexibility index (Phi) is 4.75. The molecule has 0 aliphatic heterocycles. The molecule has 0 bridgehead atoms. The number of benzene rings is 3. The second-order valence-corrected chi connectivity index (χ2v) is 7.77. The molecule has 0 spiro atoms. The zero-order valence-corrected chi connectivity index (χ0v) is 16.3. The third-order valence-electron chi connectivity index (χ3n) is 3.41. The van der Waals surface area contributed by atoms with Crippen molar-refractivity contribution in [1.82, 2.24) is 0 Å². The van der Waals surface area contributed by atoms with E-state index in [0.717, 1.165) is 24.5 Å². The molecule has 0 heterocycles. The van der Waals surface area contributed by atoms with Crippen LogP contribution in [0.25, 0.3) is 10.8 Å². The van der Waals surface area contributed by atoms with E-state index in [4.69, 9.17) is 11.6 Å². The number of halogens is 4. The Hall–Kier alpha value is -0.350. The fraction of sp³-hybridized carbons (Fsp3) is 0.0588. The molecular formula is C17H10Br3Cl. The molecule has 3 aromatic carbocycles. The summed E-state index contributed by atoms with van der Waals surface area (Å²) in [5.41, 5.74) is 2.16. The molecule has 0 saturated carbocycles. The smallest absolute Gasteiger partial charge is 0.0852 e. The second kappa shape index (κ2) is 6.41. The Morgan fingerprint density at radius 3 is 2.14 bits per heavy atom. The minimum atomic E-state index is -0.213. The number of alkyl halides is 1. The zero-order valence-electron chi connectivity index (χ0n) is 10.8. The highest BCUT2D eigenvalue weighted by Crippen LogP contribution is 2.39. The predicted octanol–water partition coefficient (Wildman–Crippen LogP) is 7.46. The summed E-state index contributed by atoms with van der Waals surface area (Å²) in [7, 11) is 0. The lowest BCUT2D eigenvalue weighted by Crippen LogP contribution is -1.96. The lowest BCUT2D eigenvalue weighted by molar-refractivity contribution is 1.14. The van der Waals surface area contributed by atoms with Crippen LogP contribution in [0.1, 0.15) is 16.5 Å². The quantitative estimate of drug-likeness (QED) is 0.328. The van der Waals surface area contributed by atoms with E-state index in [9.17, 15) is 0 Å². The van der Waals surface area contributed by atoms with E-state index in [0.29, 0.717) is 0 Å². The highest BCUT2D eigenvalue weighted by molar-refractivity contribution is 9.11. The van der Waals surface area contributed by atoms with Gasteiger partial charge < -0.3 is 0 Å². The lowest BCUT2D eigenvalue weighted by Gasteiger charge is -2.16. The third kappa shape index (κ3) is 3.07. The van der Waals surface area contributed by atoms with Gasteiger partial charge in [0.25, 0.3) is 0 Å². The van der Waals surface area contributed by atoms with Gasteiger partial charge in [0.15, 0.2) is 0 Å². The van der Waals surface area contributed by atoms with Crippen molar-refractivity contribution in [3.05, 3.63) is 79.1 Å². The number of hydrogen-bond acceptors (Lipinski definition) is 0. The highest BCUT2D eigenvalue weighted by atomic mass is 79.9. The standard InChI is InChI=1S/C17H10Br3Cl/c18-10-5-7-16(20)14(9-10)17(21)13-6-8-15(19)12-4-2-1-3-11(12)13/h1-9,17H. The summed E-state index contributed by atoms with van der Waals surface area (Å²) in [4.78, 5) is 0. The van der Waals surface area contributed by atoms with Crippen molar-refractivity contribution in [3.8, 4) is 0 Å². The number of rotatable bonds is 2. The molecule has 0 aliphatic rings. The van der Waals surface area contributed by atoms with Gasteiger partial charge in [0.2, 0.25) is 0 Å². The van der Waals surface area contributed by atoms with E-state index in [1.165, 1.54) is 10.8 Å². The summed E-state index contributed by atoms with van der Waals surface area (Å²) in [6.45, 7) is 0. The van der Waals surface area contributed by atoms with Crippen LogP contribution in [0.2, 0.25) is 0 Å². The molecule has 3 aromatic rings. The molecule has 0 fully saturated rings. The van der Waals surface area contributed by atoms with Gasteiger partial charge in [-0.15, -0.1) is 11.6 Å². The van der Waals surface area contributed by atoms with Gasteiger partial charge in [-0.1, -0.05) is 78.1 Å². The van der Waals surface area contributed by atoms with Crippen molar-refractivity contribution in [2.45, 2.75) is 5.38 Å². The van der Waals surface area contributed by atoms with Crippen LogP contribution in [0.4, 0.5) is 0 Å². The van der Waals surface area contributed by atoms with E-state index in [-0.39, 0.29) is 5.38 Å². The predicted molar refractivity (Wildman–Crippen MR) is 101 cm³/mol. The largest absolute Gasteiger partial charge is 0.113 e. The molecule has 0 nitrogen and oxygen atoms in total. The Morgan fingerprint density at radius 1 is 0.714 bits per heavy atom. The van der Waals surface area contributed by atoms with Gasteiger partial charge in [0.1, 0.15) is 0 Å². The van der Waals surface area contributed by atoms with Gasteiger partial charge >= 0.3 is 0 Å². The lowest BCUT2D eigenvalue weighted by atomic mass is 9.98. The van der Waals surface area contributed by atoms with Crippen LogP contribution in [0.15, 0.2) is 68.0 Å². The average molecular weight is 489 g/mol. The SMILES string of the molecule is ClC(c1cc(Br)ccc1Br)c1ccc(Br)c2ccccc12. The first kappa shape index (κ1) is 15.5. The molecule has 4 heteroatoms. The van der Waals surface area contributed by atoms with Gasteiger partial charge in [-0.2, -0.15) is 0 Å². The van der Waals surface area contributed by atoms with Crippen molar-refractivity contribution >= 4 is 70.2 Å². The van der Waals surface area contributed by atoms with Gasteiger partial charge in [0.05, 0.1) is 5.38 Å². The molecule has 0 N–H and O–H groups in total. The molecule has 3 rings (SSSR count). The number of hydrogen-bond donors (Lipinski definition) is 0. The van der Waals surface area contributed by atoms with Crippen LogP contribution < -0.4 is 0 Å². The molecule has 0 aromatic heterocycles. The van der Waals surface area contributed by atoms with Crippen LogP contribution in [0, 0.1) is 0 Å². The molecule has 0 saturated heterocycles. The summed E-state index contributed by atoms with van der Waals surface area (Å²) >= 11 is 17.5. The number of fused-ring (bicyclic) bond motifs is 1. The fourth-order valence-electron chi connectivity index (χ4n) is 2.38. The topological polar surface area (TPSA) is 0 Å². The van der Waals surface area contributed by atoms with Crippen molar-refractivity contribution in [1.29, 1.82) is 0 Å². The van der Waals surface area contributed by atoms with Crippen LogP contribution in [0.3, 0.4) is 0 Å². The van der Waals surface area contributed by atoms with Crippen molar-refractivity contribution in [3.63, 3.8) is 0 Å². The van der Waals surface area contributed by atoms with E-state index in [1.807, 2.05) is 24.3 Å². The average Bonchev–Trinajstić information content (AvgIpc) is 2.50. The summed E-state index contributed by atoms with van der Waals surface area (Å²) < 4.78 is 3.12. The molecule has 0 aliphatic carbocycles. The molecular weight excluding hydrogens is 479 g/mol. The maximum atomic E-state index is 6.77. The minimum Gasteiger partial charge on any atom is -0.113 e. The molecule has 21 heavy (non-hydrogen) atoms. The zero-order chi connectivity index (χ0) is 15.0. The first-order valence-electron chi connectivity index (χ1n) is 6.34. The molecule has 1 unspecified atom stereocenters. The van der Waals surface area contributed by atoms with Crippen molar-refractivity contribution in [2.24, 2.45) is 0 Å². The Labute approximate surface area is 153 Å². The first-order chi connectivity index (χ1) is 10.1. The maximum Gasteiger partial charge on any atom is 0.0852 e. The molecule has 0 amide bonds.